The Morgan fingerprint density at radius 3 is 2.44 bits per heavy atom. The minimum absolute atomic E-state index is 0.0186. The van der Waals surface area contributed by atoms with E-state index in [4.69, 9.17) is 16.3 Å². The van der Waals surface area contributed by atoms with E-state index < -0.39 is 35.1 Å². The molecule has 0 spiro atoms. The number of ether oxygens (including phenoxy) is 1. The molecule has 13 nitrogen and oxygen atoms in total. The number of H-pyrrole nitrogens is 1. The van der Waals surface area contributed by atoms with E-state index in [1.165, 1.54) is 20.2 Å². The number of nitrogens with zero attached hydrogens (tertiary/aromatic N) is 6. The van der Waals surface area contributed by atoms with E-state index in [0.717, 1.165) is 30.8 Å². The number of pyridine rings is 2. The molecule has 2 N–H and O–H groups in total. The van der Waals surface area contributed by atoms with E-state index >= 15 is 0 Å². The van der Waals surface area contributed by atoms with Crippen molar-refractivity contribution in [2.24, 2.45) is 0 Å². The monoisotopic (exact) mass is 782 g/mol. The largest absolute Gasteiger partial charge is 0.482 e. The molecule has 0 aliphatic carbocycles. The highest BCUT2D eigenvalue weighted by Crippen LogP contribution is 2.34. The van der Waals surface area contributed by atoms with E-state index in [1.54, 1.807) is 28.5 Å². The Labute approximate surface area is 311 Å². The van der Waals surface area contributed by atoms with Gasteiger partial charge in [-0.3, -0.25) is 19.2 Å². The number of aromatic amines is 1. The summed E-state index contributed by atoms with van der Waals surface area (Å²) in [7, 11) is 4.89. The van der Waals surface area contributed by atoms with Crippen molar-refractivity contribution in [2.75, 3.05) is 56.0 Å². The standard InChI is InChI=1S/C27H31ClF3N7O3.C8H9F2NO2/c1-5-17-13-36(9-10-37(17)15-39)24-20(6-2)38(26-23(25(24)41)34-21(12-32-26)35(3)4)14-22(40)33-19-8-7-16(11-18(19)28)27(29,30)31;1-4-6(12)5(7(9)10)3-11-8(4)13-2/h7-8,11-12,15,17H,5-6,9-10,13-14H2,1-4H3,(H,33,40);3,7H,1-2H3,(H,11,12). The van der Waals surface area contributed by atoms with E-state index in [-0.39, 0.29) is 51.3 Å². The molecule has 1 aromatic carbocycles. The lowest BCUT2D eigenvalue weighted by Gasteiger charge is -2.41. The van der Waals surface area contributed by atoms with Gasteiger partial charge >= 0.3 is 6.18 Å². The van der Waals surface area contributed by atoms with Crippen LogP contribution in [-0.2, 0) is 28.7 Å². The second-order valence-corrected chi connectivity index (χ2v) is 12.9. The van der Waals surface area contributed by atoms with Crippen molar-refractivity contribution in [3.8, 4) is 5.88 Å². The molecule has 1 aliphatic heterocycles. The molecule has 292 valence electrons. The van der Waals surface area contributed by atoms with E-state index in [9.17, 15) is 41.1 Å². The predicted molar refractivity (Wildman–Crippen MR) is 195 cm³/mol. The maximum Gasteiger partial charge on any atom is 0.416 e. The van der Waals surface area contributed by atoms with Crippen LogP contribution in [0.1, 0.15) is 49.1 Å². The predicted octanol–water partition coefficient (Wildman–Crippen LogP) is 5.42. The van der Waals surface area contributed by atoms with Crippen LogP contribution < -0.4 is 30.7 Å². The molecular weight excluding hydrogens is 743 g/mol. The van der Waals surface area contributed by atoms with Gasteiger partial charge in [0, 0.05) is 51.7 Å². The van der Waals surface area contributed by atoms with Gasteiger partial charge in [-0.15, -0.1) is 0 Å². The lowest BCUT2D eigenvalue weighted by Crippen LogP contribution is -2.53. The molecule has 54 heavy (non-hydrogen) atoms. The first-order valence-corrected chi connectivity index (χ1v) is 17.1. The van der Waals surface area contributed by atoms with Crippen molar-refractivity contribution in [2.45, 2.75) is 58.8 Å². The molecule has 2 amide bonds. The number of carbonyl (C=O) groups is 2. The molecule has 19 heteroatoms. The summed E-state index contributed by atoms with van der Waals surface area (Å²) in [5, 5.41) is 2.31. The van der Waals surface area contributed by atoms with Crippen molar-refractivity contribution in [3.05, 3.63) is 78.4 Å². The van der Waals surface area contributed by atoms with E-state index in [2.05, 4.69) is 20.3 Å². The van der Waals surface area contributed by atoms with Gasteiger partial charge in [-0.05, 0) is 38.0 Å². The zero-order chi connectivity index (χ0) is 40.1. The van der Waals surface area contributed by atoms with Crippen molar-refractivity contribution < 1.29 is 36.3 Å². The summed E-state index contributed by atoms with van der Waals surface area (Å²) in [6, 6.07) is 2.58. The SMILES string of the molecule is CCc1c(N2CCN(C=O)C(CC)C2)c(=O)c2nc(N(C)C)cnc2n1CC(=O)Nc1ccc(C(F)(F)F)cc1Cl.COc1[nH]cc(C(F)F)c(=O)c1C. The molecule has 1 fully saturated rings. The lowest BCUT2D eigenvalue weighted by molar-refractivity contribution is -0.137. The number of hydrogen-bond donors (Lipinski definition) is 2. The number of alkyl halides is 5. The van der Waals surface area contributed by atoms with Crippen LogP contribution in [0.2, 0.25) is 5.02 Å². The molecule has 1 atom stereocenters. The van der Waals surface area contributed by atoms with Gasteiger partial charge in [-0.2, -0.15) is 13.2 Å². The van der Waals surface area contributed by atoms with E-state index in [1.807, 2.05) is 18.7 Å². The molecule has 1 saturated heterocycles. The van der Waals surface area contributed by atoms with Crippen LogP contribution in [0.3, 0.4) is 0 Å². The van der Waals surface area contributed by atoms with Crippen LogP contribution in [0.15, 0.2) is 40.2 Å². The van der Waals surface area contributed by atoms with Gasteiger partial charge in [-0.1, -0.05) is 25.4 Å². The zero-order valence-corrected chi connectivity index (χ0v) is 31.1. The Balaban J connectivity index is 0.000000422. The summed E-state index contributed by atoms with van der Waals surface area (Å²) in [5.41, 5.74) is -1.06. The molecule has 0 bridgehead atoms. The normalized spacial score (nSPS) is 14.5. The van der Waals surface area contributed by atoms with Gasteiger partial charge in [0.2, 0.25) is 17.7 Å². The molecule has 4 aromatic rings. The molecule has 4 heterocycles. The Morgan fingerprint density at radius 2 is 1.89 bits per heavy atom. The Morgan fingerprint density at radius 1 is 1.19 bits per heavy atom. The number of rotatable bonds is 10. The molecule has 5 rings (SSSR count). The highest BCUT2D eigenvalue weighted by molar-refractivity contribution is 6.33. The molecule has 0 saturated carbocycles. The molecule has 0 radical (unpaired) electrons. The summed E-state index contributed by atoms with van der Waals surface area (Å²) < 4.78 is 69.9. The van der Waals surface area contributed by atoms with Crippen LogP contribution >= 0.6 is 11.6 Å². The average Bonchev–Trinajstić information content (AvgIpc) is 3.13. The fourth-order valence-corrected chi connectivity index (χ4v) is 6.23. The van der Waals surface area contributed by atoms with Crippen LogP contribution in [-0.4, -0.2) is 83.6 Å². The van der Waals surface area contributed by atoms with Gasteiger partial charge in [-0.25, -0.2) is 18.7 Å². The average molecular weight is 783 g/mol. The molecule has 1 aliphatic rings. The number of aromatic nitrogens is 4. The van der Waals surface area contributed by atoms with E-state index in [0.29, 0.717) is 49.7 Å². The maximum atomic E-state index is 13.9. The maximum absolute atomic E-state index is 13.9. The second kappa shape index (κ2) is 17.3. The number of benzene rings is 1. The topological polar surface area (TPSA) is 146 Å². The van der Waals surface area contributed by atoms with Crippen molar-refractivity contribution in [3.63, 3.8) is 0 Å². The van der Waals surface area contributed by atoms with Crippen molar-refractivity contribution in [1.29, 1.82) is 0 Å². The lowest BCUT2D eigenvalue weighted by atomic mass is 10.1. The van der Waals surface area contributed by atoms with Gasteiger partial charge in [0.25, 0.3) is 6.43 Å². The van der Waals surface area contributed by atoms with Gasteiger partial charge in [0.1, 0.15) is 18.1 Å². The minimum atomic E-state index is -4.58. The minimum Gasteiger partial charge on any atom is -0.482 e. The number of carbonyl (C=O) groups excluding carboxylic acids is 2. The number of piperazine rings is 1. The Bertz CT molecular complexity index is 2130. The highest BCUT2D eigenvalue weighted by Gasteiger charge is 2.32. The van der Waals surface area contributed by atoms with Gasteiger partial charge in [0.05, 0.1) is 40.7 Å². The van der Waals surface area contributed by atoms with Gasteiger partial charge in [0.15, 0.2) is 22.5 Å². The molecule has 3 aromatic heterocycles. The highest BCUT2D eigenvalue weighted by atomic mass is 35.5. The Kier molecular flexibility index (Phi) is 13.3. The number of methoxy groups -OCH3 is 1. The first-order chi connectivity index (χ1) is 25.5. The number of amides is 2. The Hall–Kier alpha value is -5.26. The first kappa shape index (κ1) is 41.5. The first-order valence-electron chi connectivity index (χ1n) is 16.7. The van der Waals surface area contributed by atoms with Crippen LogP contribution in [0.4, 0.5) is 39.1 Å². The van der Waals surface area contributed by atoms with Crippen molar-refractivity contribution in [1.82, 2.24) is 24.4 Å². The van der Waals surface area contributed by atoms with Crippen LogP contribution in [0.5, 0.6) is 5.88 Å². The quantitative estimate of drug-likeness (QED) is 0.159. The fraction of sp³-hybridized carbons (Fsp3) is 0.429. The third-order valence-electron chi connectivity index (χ3n) is 8.88. The number of anilines is 3. The second-order valence-electron chi connectivity index (χ2n) is 12.5. The summed E-state index contributed by atoms with van der Waals surface area (Å²) in [6.45, 7) is 6.23. The molecular formula is C35H40ClF5N8O5. The van der Waals surface area contributed by atoms with Crippen LogP contribution in [0.25, 0.3) is 11.2 Å². The summed E-state index contributed by atoms with van der Waals surface area (Å²) in [5.74, 6) is 0.0943. The smallest absolute Gasteiger partial charge is 0.416 e. The van der Waals surface area contributed by atoms with Crippen LogP contribution in [0, 0.1) is 6.92 Å². The third kappa shape index (κ3) is 8.91. The summed E-state index contributed by atoms with van der Waals surface area (Å²) in [4.78, 5) is 66.8. The summed E-state index contributed by atoms with van der Waals surface area (Å²) in [6.07, 6.45) is -2.98. The molecule has 1 unspecified atom stereocenters. The fourth-order valence-electron chi connectivity index (χ4n) is 6.00. The zero-order valence-electron chi connectivity index (χ0n) is 30.4. The van der Waals surface area contributed by atoms with Gasteiger partial charge < -0.3 is 34.3 Å². The number of halogens is 6. The number of hydrogen-bond acceptors (Lipinski definition) is 9. The summed E-state index contributed by atoms with van der Waals surface area (Å²) >= 11 is 6.06. The van der Waals surface area contributed by atoms with Crippen molar-refractivity contribution >= 4 is 52.3 Å². The third-order valence-corrected chi connectivity index (χ3v) is 9.20. The number of fused-ring (bicyclic) bond motifs is 1. The number of nitrogens with one attached hydrogen (secondary N) is 2.